The number of carbonyl (C=O) groups is 2. The van der Waals surface area contributed by atoms with Crippen molar-refractivity contribution in [2.45, 2.75) is 36.3 Å². The zero-order valence-corrected chi connectivity index (χ0v) is 17.8. The fourth-order valence-corrected chi connectivity index (χ4v) is 2.63. The predicted molar refractivity (Wildman–Crippen MR) is 108 cm³/mol. The van der Waals surface area contributed by atoms with E-state index in [1.165, 1.54) is 0 Å². The third-order valence-corrected chi connectivity index (χ3v) is 4.27. The van der Waals surface area contributed by atoms with E-state index in [9.17, 15) is 9.59 Å². The highest BCUT2D eigenvalue weighted by atomic mass is 79.9. The molecule has 0 spiro atoms. The normalized spacial score (nSPS) is 11.9. The minimum absolute atomic E-state index is 0.0132. The van der Waals surface area contributed by atoms with E-state index in [0.29, 0.717) is 22.6 Å². The number of rotatable bonds is 6. The van der Waals surface area contributed by atoms with Crippen molar-refractivity contribution < 1.29 is 14.3 Å². The van der Waals surface area contributed by atoms with Gasteiger partial charge in [-0.15, -0.1) is 0 Å². The van der Waals surface area contributed by atoms with Crippen molar-refractivity contribution >= 4 is 43.4 Å². The Morgan fingerprint density at radius 2 is 0.960 bits per heavy atom. The number of ketones is 2. The lowest BCUT2D eigenvalue weighted by atomic mass is 10.0. The maximum atomic E-state index is 12.2. The van der Waals surface area contributed by atoms with Crippen LogP contribution in [-0.2, 0) is 0 Å². The van der Waals surface area contributed by atoms with Crippen LogP contribution in [-0.4, -0.2) is 20.2 Å². The lowest BCUT2D eigenvalue weighted by Gasteiger charge is -2.15. The third kappa shape index (κ3) is 5.25. The van der Waals surface area contributed by atoms with Gasteiger partial charge in [-0.25, -0.2) is 0 Å². The average molecular weight is 468 g/mol. The molecule has 0 N–H and O–H groups in total. The van der Waals surface area contributed by atoms with Gasteiger partial charge in [-0.05, 0) is 76.2 Å². The van der Waals surface area contributed by atoms with E-state index < -0.39 is 8.65 Å². The van der Waals surface area contributed by atoms with E-state index in [1.54, 1.807) is 48.5 Å². The van der Waals surface area contributed by atoms with Crippen molar-refractivity contribution in [3.05, 3.63) is 59.7 Å². The van der Waals surface area contributed by atoms with E-state index in [0.717, 1.165) is 0 Å². The van der Waals surface area contributed by atoms with E-state index >= 15 is 0 Å². The predicted octanol–water partition coefficient (Wildman–Crippen LogP) is 6.19. The standard InChI is InChI=1S/C20H20Br2O3/c1-19(2,21)17(23)13-5-9-15(10-6-13)25-16-11-7-14(8-12-16)18(24)20(3,4)22/h5-12H,1-4H3. The molecule has 3 nitrogen and oxygen atoms in total. The highest BCUT2D eigenvalue weighted by molar-refractivity contribution is 9.10. The first-order chi connectivity index (χ1) is 11.5. The summed E-state index contributed by atoms with van der Waals surface area (Å²) in [4.78, 5) is 24.4. The Morgan fingerprint density at radius 1 is 0.680 bits per heavy atom. The smallest absolute Gasteiger partial charge is 0.178 e. The molecular weight excluding hydrogens is 448 g/mol. The number of benzene rings is 2. The highest BCUT2D eigenvalue weighted by Gasteiger charge is 2.25. The zero-order chi connectivity index (χ0) is 18.8. The summed E-state index contributed by atoms with van der Waals surface area (Å²) in [5.74, 6) is 1.28. The molecule has 2 aromatic carbocycles. The molecule has 0 saturated heterocycles. The molecule has 2 rings (SSSR count). The average Bonchev–Trinajstić information content (AvgIpc) is 2.53. The third-order valence-electron chi connectivity index (χ3n) is 3.55. The van der Waals surface area contributed by atoms with Crippen molar-refractivity contribution in [2.24, 2.45) is 0 Å². The number of ether oxygens (including phenoxy) is 1. The molecule has 0 aromatic heterocycles. The number of alkyl halides is 2. The molecule has 0 unspecified atom stereocenters. The fourth-order valence-electron chi connectivity index (χ4n) is 2.17. The first kappa shape index (κ1) is 19.9. The second kappa shape index (κ2) is 7.42. The van der Waals surface area contributed by atoms with Gasteiger partial charge < -0.3 is 4.74 Å². The van der Waals surface area contributed by atoms with Gasteiger partial charge in [0.25, 0.3) is 0 Å². The molecule has 2 aromatic rings. The van der Waals surface area contributed by atoms with Crippen LogP contribution in [0.4, 0.5) is 0 Å². The van der Waals surface area contributed by atoms with E-state index in [4.69, 9.17) is 4.74 Å². The van der Waals surface area contributed by atoms with Gasteiger partial charge in [0, 0.05) is 11.1 Å². The molecule has 0 saturated carbocycles. The summed E-state index contributed by atoms with van der Waals surface area (Å²) in [6.07, 6.45) is 0. The fraction of sp³-hybridized carbons (Fsp3) is 0.300. The molecule has 0 aliphatic rings. The topological polar surface area (TPSA) is 43.4 Å². The van der Waals surface area contributed by atoms with Crippen molar-refractivity contribution in [3.63, 3.8) is 0 Å². The van der Waals surface area contributed by atoms with Crippen LogP contribution >= 0.6 is 31.9 Å². The molecule has 25 heavy (non-hydrogen) atoms. The minimum Gasteiger partial charge on any atom is -0.457 e. The maximum absolute atomic E-state index is 12.2. The van der Waals surface area contributed by atoms with Crippen molar-refractivity contribution in [3.8, 4) is 11.5 Å². The molecule has 5 heteroatoms. The molecule has 0 amide bonds. The maximum Gasteiger partial charge on any atom is 0.178 e. The van der Waals surface area contributed by atoms with Gasteiger partial charge in [-0.2, -0.15) is 0 Å². The Bertz CT molecular complexity index is 697. The molecule has 0 atom stereocenters. The summed E-state index contributed by atoms with van der Waals surface area (Å²) < 4.78 is 4.58. The summed E-state index contributed by atoms with van der Waals surface area (Å²) >= 11 is 6.75. The van der Waals surface area contributed by atoms with Gasteiger partial charge in [0.05, 0.1) is 8.65 Å². The Labute approximate surface area is 165 Å². The van der Waals surface area contributed by atoms with Crippen LogP contribution in [0, 0.1) is 0 Å². The molecule has 0 aliphatic carbocycles. The second-order valence-corrected chi connectivity index (χ2v) is 10.7. The van der Waals surface area contributed by atoms with Gasteiger partial charge in [-0.1, -0.05) is 31.9 Å². The summed E-state index contributed by atoms with van der Waals surface area (Å²) in [7, 11) is 0. The van der Waals surface area contributed by atoms with Gasteiger partial charge >= 0.3 is 0 Å². The van der Waals surface area contributed by atoms with Gasteiger partial charge in [-0.3, -0.25) is 9.59 Å². The Hall–Kier alpha value is -1.46. The molecule has 0 aliphatic heterocycles. The van der Waals surface area contributed by atoms with Crippen molar-refractivity contribution in [1.82, 2.24) is 0 Å². The van der Waals surface area contributed by atoms with Crippen LogP contribution < -0.4 is 4.74 Å². The summed E-state index contributed by atoms with van der Waals surface area (Å²) in [6, 6.07) is 14.0. The number of hydrogen-bond acceptors (Lipinski definition) is 3. The number of halogens is 2. The Balaban J connectivity index is 2.10. The Kier molecular flexibility index (Phi) is 5.89. The molecule has 0 fully saturated rings. The van der Waals surface area contributed by atoms with Gasteiger partial charge in [0.2, 0.25) is 0 Å². The lowest BCUT2D eigenvalue weighted by Crippen LogP contribution is -2.23. The number of hydrogen-bond donors (Lipinski definition) is 0. The van der Waals surface area contributed by atoms with E-state index in [1.807, 2.05) is 27.7 Å². The quantitative estimate of drug-likeness (QED) is 0.375. The zero-order valence-electron chi connectivity index (χ0n) is 14.6. The molecular formula is C20H20Br2O3. The van der Waals surface area contributed by atoms with Crippen LogP contribution in [0.15, 0.2) is 48.5 Å². The first-order valence-electron chi connectivity index (χ1n) is 7.84. The monoisotopic (exact) mass is 466 g/mol. The lowest BCUT2D eigenvalue weighted by molar-refractivity contribution is 0.0954. The van der Waals surface area contributed by atoms with Crippen molar-refractivity contribution in [2.75, 3.05) is 0 Å². The van der Waals surface area contributed by atoms with Gasteiger partial charge in [0.1, 0.15) is 11.5 Å². The van der Waals surface area contributed by atoms with Crippen LogP contribution in [0.2, 0.25) is 0 Å². The van der Waals surface area contributed by atoms with Gasteiger partial charge in [0.15, 0.2) is 11.6 Å². The van der Waals surface area contributed by atoms with E-state index in [2.05, 4.69) is 31.9 Å². The summed E-state index contributed by atoms with van der Waals surface area (Å²) in [6.45, 7) is 7.27. The number of carbonyl (C=O) groups excluding carboxylic acids is 2. The molecule has 0 heterocycles. The van der Waals surface area contributed by atoms with Crippen LogP contribution in [0.25, 0.3) is 0 Å². The van der Waals surface area contributed by atoms with Crippen LogP contribution in [0.1, 0.15) is 48.4 Å². The van der Waals surface area contributed by atoms with Crippen LogP contribution in [0.3, 0.4) is 0 Å². The minimum atomic E-state index is -0.596. The largest absolute Gasteiger partial charge is 0.457 e. The summed E-state index contributed by atoms with van der Waals surface area (Å²) in [5, 5.41) is 0. The first-order valence-corrected chi connectivity index (χ1v) is 9.42. The number of Topliss-reactive ketones (excluding diaryl/α,β-unsaturated/α-hetero) is 2. The Morgan fingerprint density at radius 3 is 1.20 bits per heavy atom. The molecule has 0 radical (unpaired) electrons. The summed E-state index contributed by atoms with van der Waals surface area (Å²) in [5.41, 5.74) is 1.24. The SMILES string of the molecule is CC(C)(Br)C(=O)c1ccc(Oc2ccc(C(=O)C(C)(C)Br)cc2)cc1. The van der Waals surface area contributed by atoms with Crippen LogP contribution in [0.5, 0.6) is 11.5 Å². The molecule has 0 bridgehead atoms. The second-order valence-electron chi connectivity index (χ2n) is 6.75. The molecule has 132 valence electrons. The highest BCUT2D eigenvalue weighted by Crippen LogP contribution is 2.27. The van der Waals surface area contributed by atoms with E-state index in [-0.39, 0.29) is 11.6 Å². The van der Waals surface area contributed by atoms with Crippen molar-refractivity contribution in [1.29, 1.82) is 0 Å².